The molecule has 0 unspecified atom stereocenters. The zero-order valence-electron chi connectivity index (χ0n) is 23.2. The first kappa shape index (κ1) is 31.0. The Labute approximate surface area is 241 Å². The van der Waals surface area contributed by atoms with Crippen molar-refractivity contribution < 1.29 is 22.7 Å². The van der Waals surface area contributed by atoms with Crippen molar-refractivity contribution in [2.24, 2.45) is 0 Å². The van der Waals surface area contributed by atoms with Gasteiger partial charge in [0.25, 0.3) is 0 Å². The quantitative estimate of drug-likeness (QED) is 0.314. The molecule has 0 aliphatic heterocycles. The number of benzene rings is 3. The van der Waals surface area contributed by atoms with Gasteiger partial charge in [-0.1, -0.05) is 73.1 Å². The smallest absolute Gasteiger partial charge is 0.244 e. The molecule has 1 N–H and O–H groups in total. The van der Waals surface area contributed by atoms with Gasteiger partial charge >= 0.3 is 0 Å². The molecule has 0 spiro atoms. The van der Waals surface area contributed by atoms with Crippen LogP contribution < -0.4 is 14.4 Å². The van der Waals surface area contributed by atoms with Crippen molar-refractivity contribution in [1.82, 2.24) is 10.2 Å². The molecule has 2 amide bonds. The van der Waals surface area contributed by atoms with E-state index in [1.165, 1.54) is 4.90 Å². The standard InChI is InChI=1S/C30H36ClN3O5S/c1-5-22(2)32-30(36)28(19-23-12-7-6-8-13-23)33(20-24-14-11-15-25(18-24)39-3)29(35)21-34(40(4,37)38)27-17-10-9-16-26(27)31/h6-18,22,28H,5,19-21H2,1-4H3,(H,32,36)/t22-,28-/m1/s1. The molecule has 214 valence electrons. The van der Waals surface area contributed by atoms with Crippen molar-refractivity contribution in [2.45, 2.75) is 45.3 Å². The average Bonchev–Trinajstić information content (AvgIpc) is 2.93. The van der Waals surface area contributed by atoms with Crippen molar-refractivity contribution in [2.75, 3.05) is 24.2 Å². The molecule has 3 aromatic carbocycles. The van der Waals surface area contributed by atoms with Crippen LogP contribution in [0.25, 0.3) is 0 Å². The molecular weight excluding hydrogens is 550 g/mol. The predicted octanol–water partition coefficient (Wildman–Crippen LogP) is 4.67. The maximum Gasteiger partial charge on any atom is 0.244 e. The molecule has 0 aromatic heterocycles. The highest BCUT2D eigenvalue weighted by Gasteiger charge is 2.33. The summed E-state index contributed by atoms with van der Waals surface area (Å²) in [6.45, 7) is 3.38. The number of nitrogens with one attached hydrogen (secondary N) is 1. The van der Waals surface area contributed by atoms with Gasteiger partial charge in [-0.25, -0.2) is 8.42 Å². The van der Waals surface area contributed by atoms with Crippen LogP contribution in [0.4, 0.5) is 5.69 Å². The van der Waals surface area contributed by atoms with Gasteiger partial charge in [0.15, 0.2) is 0 Å². The summed E-state index contributed by atoms with van der Waals surface area (Å²) in [6.07, 6.45) is 1.97. The third-order valence-electron chi connectivity index (χ3n) is 6.56. The van der Waals surface area contributed by atoms with Gasteiger partial charge in [-0.2, -0.15) is 0 Å². The molecule has 0 saturated carbocycles. The van der Waals surface area contributed by atoms with Crippen molar-refractivity contribution in [3.8, 4) is 5.75 Å². The molecule has 2 atom stereocenters. The van der Waals surface area contributed by atoms with Gasteiger partial charge < -0.3 is 15.0 Å². The summed E-state index contributed by atoms with van der Waals surface area (Å²) in [5.41, 5.74) is 1.78. The van der Waals surface area contributed by atoms with Crippen LogP contribution in [-0.2, 0) is 32.6 Å². The van der Waals surface area contributed by atoms with E-state index in [9.17, 15) is 18.0 Å². The summed E-state index contributed by atoms with van der Waals surface area (Å²) in [7, 11) is -2.35. The molecule has 0 aliphatic rings. The molecule has 0 heterocycles. The number of sulfonamides is 1. The first-order valence-electron chi connectivity index (χ1n) is 13.0. The summed E-state index contributed by atoms with van der Waals surface area (Å²) >= 11 is 6.34. The van der Waals surface area contributed by atoms with E-state index in [-0.39, 0.29) is 35.6 Å². The van der Waals surface area contributed by atoms with Crippen molar-refractivity contribution >= 4 is 39.1 Å². The van der Waals surface area contributed by atoms with Gasteiger partial charge in [0.2, 0.25) is 21.8 Å². The number of carbonyl (C=O) groups excluding carboxylic acids is 2. The van der Waals surface area contributed by atoms with Gasteiger partial charge in [-0.3, -0.25) is 13.9 Å². The lowest BCUT2D eigenvalue weighted by Gasteiger charge is -2.34. The third-order valence-corrected chi connectivity index (χ3v) is 8.01. The van der Waals surface area contributed by atoms with E-state index in [1.54, 1.807) is 49.6 Å². The molecule has 8 nitrogen and oxygen atoms in total. The van der Waals surface area contributed by atoms with E-state index < -0.39 is 28.5 Å². The van der Waals surface area contributed by atoms with Crippen LogP contribution in [0.3, 0.4) is 0 Å². The van der Waals surface area contributed by atoms with E-state index >= 15 is 0 Å². The number of amides is 2. The van der Waals surface area contributed by atoms with Crippen molar-refractivity contribution in [3.05, 3.63) is 95.0 Å². The van der Waals surface area contributed by atoms with Gasteiger partial charge in [0.1, 0.15) is 18.3 Å². The Hall–Kier alpha value is -3.56. The largest absolute Gasteiger partial charge is 0.497 e. The Morgan fingerprint density at radius 3 is 2.25 bits per heavy atom. The topological polar surface area (TPSA) is 96.0 Å². The molecule has 40 heavy (non-hydrogen) atoms. The van der Waals surface area contributed by atoms with Crippen molar-refractivity contribution in [3.63, 3.8) is 0 Å². The van der Waals surface area contributed by atoms with E-state index in [2.05, 4.69) is 5.32 Å². The minimum Gasteiger partial charge on any atom is -0.497 e. The fraction of sp³-hybridized carbons (Fsp3) is 0.333. The second kappa shape index (κ2) is 14.2. The lowest BCUT2D eigenvalue weighted by molar-refractivity contribution is -0.140. The summed E-state index contributed by atoms with van der Waals surface area (Å²) in [5, 5.41) is 3.20. The van der Waals surface area contributed by atoms with E-state index in [1.807, 2.05) is 50.2 Å². The lowest BCUT2D eigenvalue weighted by Crippen LogP contribution is -2.54. The highest BCUT2D eigenvalue weighted by atomic mass is 35.5. The maximum atomic E-state index is 14.1. The molecular formula is C30H36ClN3O5S. The summed E-state index contributed by atoms with van der Waals surface area (Å²) < 4.78 is 32.1. The zero-order valence-corrected chi connectivity index (χ0v) is 24.8. The number of hydrogen-bond acceptors (Lipinski definition) is 5. The summed E-state index contributed by atoms with van der Waals surface area (Å²) in [4.78, 5) is 29.2. The fourth-order valence-corrected chi connectivity index (χ4v) is 5.36. The van der Waals surface area contributed by atoms with Crippen LogP contribution in [0.15, 0.2) is 78.9 Å². The molecule has 3 aromatic rings. The van der Waals surface area contributed by atoms with Crippen LogP contribution in [0.1, 0.15) is 31.4 Å². The highest BCUT2D eigenvalue weighted by Crippen LogP contribution is 2.28. The molecule has 0 saturated heterocycles. The Balaban J connectivity index is 2.08. The Morgan fingerprint density at radius 2 is 1.62 bits per heavy atom. The molecule has 3 rings (SSSR count). The summed E-state index contributed by atoms with van der Waals surface area (Å²) in [6, 6.07) is 22.0. The first-order valence-corrected chi connectivity index (χ1v) is 15.2. The van der Waals surface area contributed by atoms with Crippen LogP contribution in [0.2, 0.25) is 5.02 Å². The SMILES string of the molecule is CC[C@@H](C)NC(=O)[C@@H](Cc1ccccc1)N(Cc1cccc(OC)c1)C(=O)CN(c1ccccc1Cl)S(C)(=O)=O. The maximum absolute atomic E-state index is 14.1. The number of anilines is 1. The molecule has 0 fully saturated rings. The number of para-hydroxylation sites is 1. The summed E-state index contributed by atoms with van der Waals surface area (Å²) in [5.74, 6) is -0.270. The Kier molecular flexibility index (Phi) is 11.0. The number of rotatable bonds is 13. The molecule has 10 heteroatoms. The minimum absolute atomic E-state index is 0.0571. The van der Waals surface area contributed by atoms with E-state index in [4.69, 9.17) is 16.3 Å². The van der Waals surface area contributed by atoms with Crippen LogP contribution >= 0.6 is 11.6 Å². The van der Waals surface area contributed by atoms with Gasteiger partial charge in [0.05, 0.1) is 24.1 Å². The number of nitrogens with zero attached hydrogens (tertiary/aromatic N) is 2. The third kappa shape index (κ3) is 8.47. The lowest BCUT2D eigenvalue weighted by atomic mass is 10.0. The molecule has 0 bridgehead atoms. The highest BCUT2D eigenvalue weighted by molar-refractivity contribution is 7.92. The Bertz CT molecular complexity index is 1400. The molecule has 0 aliphatic carbocycles. The zero-order chi connectivity index (χ0) is 29.3. The second-order valence-corrected chi connectivity index (χ2v) is 11.9. The second-order valence-electron chi connectivity index (χ2n) is 9.62. The number of hydrogen-bond donors (Lipinski definition) is 1. The number of halogens is 1. The number of methoxy groups -OCH3 is 1. The predicted molar refractivity (Wildman–Crippen MR) is 159 cm³/mol. The van der Waals surface area contributed by atoms with Gasteiger partial charge in [0, 0.05) is 19.0 Å². The van der Waals surface area contributed by atoms with Crippen LogP contribution in [0.5, 0.6) is 5.75 Å². The van der Waals surface area contributed by atoms with Gasteiger partial charge in [-0.05, 0) is 48.7 Å². The normalized spacial score (nSPS) is 12.7. The fourth-order valence-electron chi connectivity index (χ4n) is 4.21. The number of ether oxygens (including phenoxy) is 1. The van der Waals surface area contributed by atoms with Crippen molar-refractivity contribution in [1.29, 1.82) is 0 Å². The van der Waals surface area contributed by atoms with Gasteiger partial charge in [-0.15, -0.1) is 0 Å². The first-order chi connectivity index (χ1) is 19.0. The molecule has 0 radical (unpaired) electrons. The van der Waals surface area contributed by atoms with Crippen LogP contribution in [0, 0.1) is 0 Å². The Morgan fingerprint density at radius 1 is 0.975 bits per heavy atom. The van der Waals surface area contributed by atoms with E-state index in [0.29, 0.717) is 12.2 Å². The van der Waals surface area contributed by atoms with Crippen LogP contribution in [-0.4, -0.2) is 57.1 Å². The number of carbonyl (C=O) groups is 2. The van der Waals surface area contributed by atoms with E-state index in [0.717, 1.165) is 21.7 Å². The monoisotopic (exact) mass is 585 g/mol. The minimum atomic E-state index is -3.90. The average molecular weight is 586 g/mol.